The second-order valence-electron chi connectivity index (χ2n) is 8.01. The number of hydrogen-bond donors (Lipinski definition) is 2. The van der Waals surface area contributed by atoms with E-state index in [2.05, 4.69) is 0 Å². The van der Waals surface area contributed by atoms with Crippen LogP contribution in [0.1, 0.15) is 39.9 Å². The van der Waals surface area contributed by atoms with Crippen molar-refractivity contribution in [3.05, 3.63) is 73.7 Å². The highest BCUT2D eigenvalue weighted by molar-refractivity contribution is 6.48. The van der Waals surface area contributed by atoms with Gasteiger partial charge in [0.2, 0.25) is 5.91 Å². The first-order valence-corrected chi connectivity index (χ1v) is 11.6. The summed E-state index contributed by atoms with van der Waals surface area (Å²) in [6.45, 7) is -0.783. The van der Waals surface area contributed by atoms with E-state index in [0.29, 0.717) is 18.2 Å². The highest BCUT2D eigenvalue weighted by Crippen LogP contribution is 2.41. The summed E-state index contributed by atoms with van der Waals surface area (Å²) in [5.41, 5.74) is -3.40. The third kappa shape index (κ3) is 9.21. The van der Waals surface area contributed by atoms with Gasteiger partial charge in [0, 0.05) is 0 Å². The number of carbonyl (C=O) groups excluding carboxylic acids is 2. The van der Waals surface area contributed by atoms with Crippen molar-refractivity contribution in [2.45, 2.75) is 37.4 Å². The van der Waals surface area contributed by atoms with Gasteiger partial charge in [-0.15, -0.1) is 0 Å². The molecule has 4 nitrogen and oxygen atoms in total. The SMILES string of the molecule is C[C@@H](NC(=O)c1ccc(C=CC(c2cc(Cl)c(Cl)c(Cl)c2)C(F)(F)F)cc1C(F)(F)F)C(=O)NCC(F)(F)F. The molecule has 1 unspecified atom stereocenters. The molecule has 0 saturated carbocycles. The van der Waals surface area contributed by atoms with E-state index in [-0.39, 0.29) is 20.6 Å². The van der Waals surface area contributed by atoms with Crippen LogP contribution in [-0.4, -0.2) is 36.8 Å². The first-order chi connectivity index (χ1) is 17.7. The van der Waals surface area contributed by atoms with Crippen molar-refractivity contribution in [3.63, 3.8) is 0 Å². The Morgan fingerprint density at radius 2 is 1.49 bits per heavy atom. The number of allylic oxidation sites excluding steroid dienone is 1. The van der Waals surface area contributed by atoms with Gasteiger partial charge >= 0.3 is 18.5 Å². The van der Waals surface area contributed by atoms with E-state index in [1.807, 2.05) is 5.32 Å². The van der Waals surface area contributed by atoms with Crippen LogP contribution >= 0.6 is 34.8 Å². The topological polar surface area (TPSA) is 58.2 Å². The van der Waals surface area contributed by atoms with Crippen molar-refractivity contribution >= 4 is 52.7 Å². The molecule has 0 aliphatic heterocycles. The monoisotopic (exact) mass is 628 g/mol. The lowest BCUT2D eigenvalue weighted by atomic mass is 9.96. The molecule has 39 heavy (non-hydrogen) atoms. The van der Waals surface area contributed by atoms with Gasteiger partial charge in [-0.05, 0) is 42.3 Å². The summed E-state index contributed by atoms with van der Waals surface area (Å²) in [4.78, 5) is 24.1. The van der Waals surface area contributed by atoms with Crippen LogP contribution in [0.4, 0.5) is 39.5 Å². The molecule has 0 aromatic heterocycles. The Labute approximate surface area is 230 Å². The molecule has 2 aromatic rings. The zero-order valence-electron chi connectivity index (χ0n) is 19.3. The number of rotatable bonds is 7. The molecule has 0 spiro atoms. The van der Waals surface area contributed by atoms with Gasteiger partial charge in [-0.1, -0.05) is 53.0 Å². The quantitative estimate of drug-likeness (QED) is 0.242. The average Bonchev–Trinajstić information content (AvgIpc) is 2.78. The van der Waals surface area contributed by atoms with Crippen molar-refractivity contribution < 1.29 is 49.1 Å². The van der Waals surface area contributed by atoms with Crippen molar-refractivity contribution in [2.75, 3.05) is 6.54 Å². The molecule has 2 aromatic carbocycles. The van der Waals surface area contributed by atoms with E-state index < -0.39 is 65.5 Å². The molecule has 0 heterocycles. The molecule has 0 bridgehead atoms. The Hall–Kier alpha value is -2.64. The lowest BCUT2D eigenvalue weighted by Gasteiger charge is -2.19. The van der Waals surface area contributed by atoms with Gasteiger partial charge in [-0.25, -0.2) is 0 Å². The summed E-state index contributed by atoms with van der Waals surface area (Å²) in [6.07, 6.45) is -13.5. The maximum atomic E-state index is 13.7. The third-order valence-electron chi connectivity index (χ3n) is 5.00. The molecule has 0 aliphatic rings. The molecule has 0 aliphatic carbocycles. The Kier molecular flexibility index (Phi) is 10.2. The smallest absolute Gasteiger partial charge is 0.345 e. The van der Waals surface area contributed by atoms with E-state index in [9.17, 15) is 49.1 Å². The number of alkyl halides is 9. The molecule has 214 valence electrons. The van der Waals surface area contributed by atoms with Gasteiger partial charge in [0.15, 0.2) is 0 Å². The predicted molar refractivity (Wildman–Crippen MR) is 127 cm³/mol. The fourth-order valence-corrected chi connectivity index (χ4v) is 3.76. The lowest BCUT2D eigenvalue weighted by molar-refractivity contribution is -0.139. The summed E-state index contributed by atoms with van der Waals surface area (Å²) < 4.78 is 119. The number of nitrogens with one attached hydrogen (secondary N) is 2. The summed E-state index contributed by atoms with van der Waals surface area (Å²) in [6, 6.07) is 2.11. The molecular weight excluding hydrogens is 614 g/mol. The highest BCUT2D eigenvalue weighted by Gasteiger charge is 2.40. The normalized spacial score (nSPS) is 14.3. The first kappa shape index (κ1) is 32.6. The van der Waals surface area contributed by atoms with Crippen molar-refractivity contribution in [3.8, 4) is 0 Å². The van der Waals surface area contributed by atoms with Gasteiger partial charge in [0.25, 0.3) is 5.91 Å². The van der Waals surface area contributed by atoms with E-state index in [0.717, 1.165) is 31.2 Å². The van der Waals surface area contributed by atoms with Crippen molar-refractivity contribution in [1.82, 2.24) is 10.6 Å². The van der Waals surface area contributed by atoms with E-state index in [1.54, 1.807) is 0 Å². The number of amides is 2. The maximum Gasteiger partial charge on any atom is 0.417 e. The molecule has 2 amide bonds. The molecule has 2 atom stereocenters. The zero-order chi connectivity index (χ0) is 29.9. The predicted octanol–water partition coefficient (Wildman–Crippen LogP) is 7.82. The fourth-order valence-electron chi connectivity index (χ4n) is 3.15. The van der Waals surface area contributed by atoms with Crippen LogP contribution in [0.3, 0.4) is 0 Å². The molecular formula is C23H16Cl3F9N2O2. The van der Waals surface area contributed by atoms with Crippen LogP contribution in [-0.2, 0) is 11.0 Å². The summed E-state index contributed by atoms with van der Waals surface area (Å²) >= 11 is 17.3. The fraction of sp³-hybridized carbons (Fsp3) is 0.304. The van der Waals surface area contributed by atoms with Gasteiger partial charge in [0.05, 0.1) is 32.1 Å². The van der Waals surface area contributed by atoms with E-state index in [4.69, 9.17) is 34.8 Å². The minimum atomic E-state index is -5.17. The minimum absolute atomic E-state index is 0.192. The molecule has 0 fully saturated rings. The largest absolute Gasteiger partial charge is 0.417 e. The lowest BCUT2D eigenvalue weighted by Crippen LogP contribution is -2.47. The second kappa shape index (κ2) is 12.3. The Bertz CT molecular complexity index is 1240. The van der Waals surface area contributed by atoms with Gasteiger partial charge in [-0.3, -0.25) is 9.59 Å². The summed E-state index contributed by atoms with van der Waals surface area (Å²) in [7, 11) is 0. The van der Waals surface area contributed by atoms with Crippen LogP contribution in [0, 0.1) is 0 Å². The first-order valence-electron chi connectivity index (χ1n) is 10.5. The Balaban J connectivity index is 2.37. The van der Waals surface area contributed by atoms with Gasteiger partial charge in [0.1, 0.15) is 12.6 Å². The summed E-state index contributed by atoms with van der Waals surface area (Å²) in [5, 5.41) is 2.57. The number of benzene rings is 2. The standard InChI is InChI=1S/C23H16Cl3F9N2O2/c1-10(19(38)36-9-21(27,28)29)37-20(39)13-4-2-11(6-15(13)23(33,34)35)3-5-14(22(30,31)32)12-7-16(24)18(26)17(25)8-12/h2-8,10,14H,9H2,1H3,(H,36,38)(H,37,39)/t10-,14?/m1/s1. The molecule has 2 N–H and O–H groups in total. The molecule has 2 rings (SSSR count). The number of hydrogen-bond acceptors (Lipinski definition) is 2. The Morgan fingerprint density at radius 1 is 0.923 bits per heavy atom. The van der Waals surface area contributed by atoms with Gasteiger partial charge < -0.3 is 10.6 Å². The maximum absolute atomic E-state index is 13.7. The third-order valence-corrected chi connectivity index (χ3v) is 6.19. The minimum Gasteiger partial charge on any atom is -0.345 e. The number of halogens is 12. The van der Waals surface area contributed by atoms with Crippen molar-refractivity contribution in [1.29, 1.82) is 0 Å². The van der Waals surface area contributed by atoms with Crippen LogP contribution in [0.2, 0.25) is 15.1 Å². The number of carbonyl (C=O) groups is 2. The van der Waals surface area contributed by atoms with Crippen molar-refractivity contribution in [2.24, 2.45) is 0 Å². The van der Waals surface area contributed by atoms with E-state index in [1.165, 1.54) is 5.32 Å². The summed E-state index contributed by atoms with van der Waals surface area (Å²) in [5.74, 6) is -5.11. The van der Waals surface area contributed by atoms with E-state index >= 15 is 0 Å². The van der Waals surface area contributed by atoms with Gasteiger partial charge in [-0.2, -0.15) is 39.5 Å². The molecule has 0 radical (unpaired) electrons. The van der Waals surface area contributed by atoms with Crippen LogP contribution in [0.25, 0.3) is 6.08 Å². The van der Waals surface area contributed by atoms with Crippen LogP contribution < -0.4 is 10.6 Å². The van der Waals surface area contributed by atoms with Crippen LogP contribution in [0.5, 0.6) is 0 Å². The van der Waals surface area contributed by atoms with Crippen LogP contribution in [0.15, 0.2) is 36.4 Å². The Morgan fingerprint density at radius 3 is 1.97 bits per heavy atom. The second-order valence-corrected chi connectivity index (χ2v) is 9.20. The molecule has 0 saturated heterocycles. The molecule has 16 heteroatoms. The average molecular weight is 630 g/mol. The zero-order valence-corrected chi connectivity index (χ0v) is 21.5. The highest BCUT2D eigenvalue weighted by atomic mass is 35.5.